The topological polar surface area (TPSA) is 52.0 Å². The second kappa shape index (κ2) is 5.10. The van der Waals surface area contributed by atoms with Gasteiger partial charge in [-0.2, -0.15) is 0 Å². The highest BCUT2D eigenvalue weighted by Gasteiger charge is 2.10. The van der Waals surface area contributed by atoms with Gasteiger partial charge in [0.25, 0.3) is 0 Å². The lowest BCUT2D eigenvalue weighted by molar-refractivity contribution is 0.541. The average molecular weight is 266 g/mol. The van der Waals surface area contributed by atoms with Crippen LogP contribution in [-0.2, 0) is 13.0 Å². The molecule has 3 heteroatoms. The first-order valence-corrected chi connectivity index (χ1v) is 6.81. The number of aryl methyl sites for hydroxylation is 2. The molecule has 0 saturated heterocycles. The van der Waals surface area contributed by atoms with Crippen LogP contribution in [0.2, 0.25) is 0 Å². The van der Waals surface area contributed by atoms with Crippen molar-refractivity contribution in [2.45, 2.75) is 26.8 Å². The molecule has 0 saturated carbocycles. The number of hydrogen-bond donors (Lipinski definition) is 1. The van der Waals surface area contributed by atoms with Crippen molar-refractivity contribution in [1.29, 1.82) is 0 Å². The molecule has 0 amide bonds. The summed E-state index contributed by atoms with van der Waals surface area (Å²) in [6, 6.07) is 12.3. The predicted molar refractivity (Wildman–Crippen MR) is 80.6 cm³/mol. The first kappa shape index (κ1) is 12.9. The molecular weight excluding hydrogens is 248 g/mol. The standard InChI is InChI=1S/C17H18N2O/c1-11-7-12(2)17-15(8-11)19-16(20-17)9-13-5-3-4-6-14(13)10-18/h3-8H,9-10,18H2,1-2H3. The average Bonchev–Trinajstić information content (AvgIpc) is 2.82. The van der Waals surface area contributed by atoms with Gasteiger partial charge in [-0.15, -0.1) is 0 Å². The Morgan fingerprint density at radius 1 is 1.10 bits per heavy atom. The second-order valence-corrected chi connectivity index (χ2v) is 5.19. The fourth-order valence-electron chi connectivity index (χ4n) is 2.59. The molecule has 0 atom stereocenters. The minimum atomic E-state index is 0.536. The first-order valence-electron chi connectivity index (χ1n) is 6.81. The first-order chi connectivity index (χ1) is 9.67. The van der Waals surface area contributed by atoms with Gasteiger partial charge in [-0.25, -0.2) is 4.98 Å². The van der Waals surface area contributed by atoms with Crippen LogP contribution < -0.4 is 5.73 Å². The lowest BCUT2D eigenvalue weighted by Gasteiger charge is -2.04. The van der Waals surface area contributed by atoms with Crippen molar-refractivity contribution in [3.63, 3.8) is 0 Å². The van der Waals surface area contributed by atoms with Crippen LogP contribution in [0.3, 0.4) is 0 Å². The van der Waals surface area contributed by atoms with E-state index in [1.165, 1.54) is 11.1 Å². The Kier molecular flexibility index (Phi) is 3.28. The molecule has 0 unspecified atom stereocenters. The van der Waals surface area contributed by atoms with Crippen molar-refractivity contribution in [2.75, 3.05) is 0 Å². The molecular formula is C17H18N2O. The summed E-state index contributed by atoms with van der Waals surface area (Å²) in [7, 11) is 0. The van der Waals surface area contributed by atoms with Crippen LogP contribution in [-0.4, -0.2) is 4.98 Å². The Bertz CT molecular complexity index is 759. The van der Waals surface area contributed by atoms with Crippen LogP contribution in [0, 0.1) is 13.8 Å². The Morgan fingerprint density at radius 3 is 2.60 bits per heavy atom. The second-order valence-electron chi connectivity index (χ2n) is 5.19. The summed E-state index contributed by atoms with van der Waals surface area (Å²) < 4.78 is 5.91. The van der Waals surface area contributed by atoms with E-state index in [9.17, 15) is 0 Å². The van der Waals surface area contributed by atoms with E-state index < -0.39 is 0 Å². The maximum Gasteiger partial charge on any atom is 0.199 e. The Labute approximate surface area is 118 Å². The SMILES string of the molecule is Cc1cc(C)c2oc(Cc3ccccc3CN)nc2c1. The zero-order valence-electron chi connectivity index (χ0n) is 11.8. The molecule has 1 aromatic heterocycles. The third-order valence-electron chi connectivity index (χ3n) is 3.54. The van der Waals surface area contributed by atoms with Gasteiger partial charge in [0.15, 0.2) is 11.5 Å². The van der Waals surface area contributed by atoms with E-state index in [0.717, 1.165) is 28.1 Å². The zero-order valence-corrected chi connectivity index (χ0v) is 11.8. The van der Waals surface area contributed by atoms with Gasteiger partial charge >= 0.3 is 0 Å². The Balaban J connectivity index is 2.01. The zero-order chi connectivity index (χ0) is 14.1. The largest absolute Gasteiger partial charge is 0.440 e. The van der Waals surface area contributed by atoms with Crippen LogP contribution in [0.5, 0.6) is 0 Å². The van der Waals surface area contributed by atoms with E-state index in [2.05, 4.69) is 37.0 Å². The van der Waals surface area contributed by atoms with Gasteiger partial charge in [0, 0.05) is 13.0 Å². The van der Waals surface area contributed by atoms with Gasteiger partial charge in [-0.05, 0) is 42.2 Å². The molecule has 0 aliphatic heterocycles. The molecule has 0 aliphatic carbocycles. The molecule has 1 heterocycles. The van der Waals surface area contributed by atoms with Gasteiger partial charge in [-0.3, -0.25) is 0 Å². The lowest BCUT2D eigenvalue weighted by atomic mass is 10.0. The van der Waals surface area contributed by atoms with Gasteiger partial charge in [0.1, 0.15) is 5.52 Å². The van der Waals surface area contributed by atoms with E-state index in [-0.39, 0.29) is 0 Å². The third-order valence-corrected chi connectivity index (χ3v) is 3.54. The minimum absolute atomic E-state index is 0.536. The number of aromatic nitrogens is 1. The summed E-state index contributed by atoms with van der Waals surface area (Å²) in [5.41, 5.74) is 12.2. The molecule has 0 bridgehead atoms. The molecule has 20 heavy (non-hydrogen) atoms. The molecule has 0 aliphatic rings. The van der Waals surface area contributed by atoms with Gasteiger partial charge in [-0.1, -0.05) is 30.3 Å². The number of benzene rings is 2. The summed E-state index contributed by atoms with van der Waals surface area (Å²) >= 11 is 0. The van der Waals surface area contributed by atoms with Crippen molar-refractivity contribution in [1.82, 2.24) is 4.98 Å². The smallest absolute Gasteiger partial charge is 0.199 e. The predicted octanol–water partition coefficient (Wildman–Crippen LogP) is 3.49. The highest BCUT2D eigenvalue weighted by atomic mass is 16.3. The number of oxazole rings is 1. The normalized spacial score (nSPS) is 11.2. The van der Waals surface area contributed by atoms with Crippen molar-refractivity contribution in [2.24, 2.45) is 5.73 Å². The van der Waals surface area contributed by atoms with Crippen molar-refractivity contribution in [3.8, 4) is 0 Å². The number of rotatable bonds is 3. The summed E-state index contributed by atoms with van der Waals surface area (Å²) in [6.45, 7) is 4.66. The Morgan fingerprint density at radius 2 is 1.85 bits per heavy atom. The fourth-order valence-corrected chi connectivity index (χ4v) is 2.59. The van der Waals surface area contributed by atoms with Gasteiger partial charge in [0.2, 0.25) is 0 Å². The molecule has 0 spiro atoms. The summed E-state index contributed by atoms with van der Waals surface area (Å²) in [5.74, 6) is 0.745. The van der Waals surface area contributed by atoms with Crippen LogP contribution in [0.25, 0.3) is 11.1 Å². The maximum absolute atomic E-state index is 5.91. The molecule has 3 rings (SSSR count). The summed E-state index contributed by atoms with van der Waals surface area (Å²) in [5, 5.41) is 0. The van der Waals surface area contributed by atoms with Gasteiger partial charge < -0.3 is 10.2 Å². The molecule has 102 valence electrons. The van der Waals surface area contributed by atoms with Crippen molar-refractivity contribution in [3.05, 3.63) is 64.5 Å². The summed E-state index contributed by atoms with van der Waals surface area (Å²) in [4.78, 5) is 4.60. The van der Waals surface area contributed by atoms with Crippen molar-refractivity contribution < 1.29 is 4.42 Å². The Hall–Kier alpha value is -2.13. The van der Waals surface area contributed by atoms with E-state index in [4.69, 9.17) is 10.2 Å². The van der Waals surface area contributed by atoms with Crippen molar-refractivity contribution >= 4 is 11.1 Å². The maximum atomic E-state index is 5.91. The van der Waals surface area contributed by atoms with Crippen LogP contribution in [0.4, 0.5) is 0 Å². The molecule has 0 fully saturated rings. The van der Waals surface area contributed by atoms with Gasteiger partial charge in [0.05, 0.1) is 0 Å². The van der Waals surface area contributed by atoms with E-state index in [1.54, 1.807) is 0 Å². The highest BCUT2D eigenvalue weighted by Crippen LogP contribution is 2.23. The van der Waals surface area contributed by atoms with Crippen LogP contribution >= 0.6 is 0 Å². The molecule has 0 radical (unpaired) electrons. The van der Waals surface area contributed by atoms with E-state index in [1.807, 2.05) is 18.2 Å². The number of fused-ring (bicyclic) bond motifs is 1. The van der Waals surface area contributed by atoms with E-state index >= 15 is 0 Å². The number of nitrogens with zero attached hydrogens (tertiary/aromatic N) is 1. The minimum Gasteiger partial charge on any atom is -0.440 e. The molecule has 3 nitrogen and oxygen atoms in total. The molecule has 2 N–H and O–H groups in total. The molecule has 3 aromatic rings. The third kappa shape index (κ3) is 2.32. The molecule has 2 aromatic carbocycles. The highest BCUT2D eigenvalue weighted by molar-refractivity contribution is 5.77. The fraction of sp³-hybridized carbons (Fsp3) is 0.235. The lowest BCUT2D eigenvalue weighted by Crippen LogP contribution is -2.01. The monoisotopic (exact) mass is 266 g/mol. The summed E-state index contributed by atoms with van der Waals surface area (Å²) in [6.07, 6.45) is 0.681. The quantitative estimate of drug-likeness (QED) is 0.789. The number of hydrogen-bond acceptors (Lipinski definition) is 3. The van der Waals surface area contributed by atoms with E-state index in [0.29, 0.717) is 13.0 Å². The number of nitrogens with two attached hydrogens (primary N) is 1. The van der Waals surface area contributed by atoms with Crippen LogP contribution in [0.1, 0.15) is 28.1 Å². The van der Waals surface area contributed by atoms with Crippen LogP contribution in [0.15, 0.2) is 40.8 Å².